The van der Waals surface area contributed by atoms with Crippen LogP contribution >= 0.6 is 0 Å². The molecule has 0 saturated carbocycles. The van der Waals surface area contributed by atoms with Crippen LogP contribution in [-0.2, 0) is 17.4 Å². The summed E-state index contributed by atoms with van der Waals surface area (Å²) in [5.41, 5.74) is 0.0166. The van der Waals surface area contributed by atoms with E-state index in [2.05, 4.69) is 10.3 Å². The van der Waals surface area contributed by atoms with Gasteiger partial charge in [0.25, 0.3) is 5.91 Å². The highest BCUT2D eigenvalue weighted by atomic mass is 19.4. The summed E-state index contributed by atoms with van der Waals surface area (Å²) in [6.45, 7) is 3.31. The summed E-state index contributed by atoms with van der Waals surface area (Å²) in [5, 5.41) is 2.77. The Labute approximate surface area is 144 Å². The van der Waals surface area contributed by atoms with Gasteiger partial charge in [-0.15, -0.1) is 0 Å². The molecule has 1 aromatic carbocycles. The Morgan fingerprint density at radius 2 is 1.96 bits per heavy atom. The fourth-order valence-corrected chi connectivity index (χ4v) is 2.25. The standard InChI is InChI=1S/C18H19F3N2O2/c1-12(10-15-7-3-4-9-22-15)23-17(24)13(2)25-16-8-5-6-14(11-16)18(19,20)21/h3-9,11-13H,10H2,1-2H3,(H,23,24)/t12-,13+/m0/s1. The number of rotatable bonds is 6. The van der Waals surface area contributed by atoms with Gasteiger partial charge in [0, 0.05) is 24.4 Å². The van der Waals surface area contributed by atoms with Crippen LogP contribution in [-0.4, -0.2) is 23.0 Å². The Morgan fingerprint density at radius 1 is 1.20 bits per heavy atom. The number of halogens is 3. The average Bonchev–Trinajstić information content (AvgIpc) is 2.55. The van der Waals surface area contributed by atoms with Crippen molar-refractivity contribution in [3.05, 3.63) is 59.9 Å². The Balaban J connectivity index is 1.92. The number of alkyl halides is 3. The third kappa shape index (κ3) is 5.77. The van der Waals surface area contributed by atoms with Crippen molar-refractivity contribution in [1.82, 2.24) is 10.3 Å². The minimum atomic E-state index is -4.46. The zero-order valence-electron chi connectivity index (χ0n) is 13.9. The molecular weight excluding hydrogens is 333 g/mol. The maximum absolute atomic E-state index is 12.7. The summed E-state index contributed by atoms with van der Waals surface area (Å²) in [4.78, 5) is 16.3. The second-order valence-electron chi connectivity index (χ2n) is 5.72. The molecule has 4 nitrogen and oxygen atoms in total. The lowest BCUT2D eigenvalue weighted by molar-refractivity contribution is -0.137. The van der Waals surface area contributed by atoms with Gasteiger partial charge < -0.3 is 10.1 Å². The molecule has 0 bridgehead atoms. The topological polar surface area (TPSA) is 51.2 Å². The van der Waals surface area contributed by atoms with E-state index < -0.39 is 23.8 Å². The molecule has 0 fully saturated rings. The van der Waals surface area contributed by atoms with Gasteiger partial charge in [0.1, 0.15) is 5.75 Å². The molecule has 1 heterocycles. The number of carbonyl (C=O) groups is 1. The van der Waals surface area contributed by atoms with Crippen molar-refractivity contribution in [3.63, 3.8) is 0 Å². The van der Waals surface area contributed by atoms with Gasteiger partial charge in [0.15, 0.2) is 6.10 Å². The second kappa shape index (κ2) is 8.00. The van der Waals surface area contributed by atoms with E-state index in [9.17, 15) is 18.0 Å². The van der Waals surface area contributed by atoms with Crippen LogP contribution in [0, 0.1) is 0 Å². The Morgan fingerprint density at radius 3 is 2.60 bits per heavy atom. The first-order valence-electron chi connectivity index (χ1n) is 7.80. The van der Waals surface area contributed by atoms with Crippen LogP contribution < -0.4 is 10.1 Å². The highest BCUT2D eigenvalue weighted by molar-refractivity contribution is 5.81. The van der Waals surface area contributed by atoms with Crippen LogP contribution in [0.15, 0.2) is 48.7 Å². The zero-order chi connectivity index (χ0) is 18.4. The molecule has 134 valence electrons. The van der Waals surface area contributed by atoms with Gasteiger partial charge in [-0.25, -0.2) is 0 Å². The predicted molar refractivity (Wildman–Crippen MR) is 87.1 cm³/mol. The van der Waals surface area contributed by atoms with Crippen molar-refractivity contribution in [2.45, 2.75) is 38.6 Å². The van der Waals surface area contributed by atoms with Crippen molar-refractivity contribution in [2.75, 3.05) is 0 Å². The first-order valence-corrected chi connectivity index (χ1v) is 7.80. The van der Waals surface area contributed by atoms with Crippen LogP contribution in [0.4, 0.5) is 13.2 Å². The van der Waals surface area contributed by atoms with Gasteiger partial charge in [-0.05, 0) is 44.2 Å². The number of nitrogens with one attached hydrogen (secondary N) is 1. The molecule has 1 N–H and O–H groups in total. The van der Waals surface area contributed by atoms with Crippen LogP contribution in [0.25, 0.3) is 0 Å². The number of aromatic nitrogens is 1. The Bertz CT molecular complexity index is 705. The Kier molecular flexibility index (Phi) is 6.01. The van der Waals surface area contributed by atoms with Gasteiger partial charge >= 0.3 is 6.18 Å². The van der Waals surface area contributed by atoms with Crippen molar-refractivity contribution in [2.24, 2.45) is 0 Å². The van der Waals surface area contributed by atoms with E-state index in [1.807, 2.05) is 19.1 Å². The lowest BCUT2D eigenvalue weighted by Gasteiger charge is -2.19. The molecule has 0 aliphatic rings. The molecule has 2 aromatic rings. The van der Waals surface area contributed by atoms with Crippen LogP contribution in [0.5, 0.6) is 5.75 Å². The molecule has 1 amide bonds. The number of pyridine rings is 1. The molecule has 0 saturated heterocycles. The largest absolute Gasteiger partial charge is 0.481 e. The van der Waals surface area contributed by atoms with Crippen LogP contribution in [0.1, 0.15) is 25.1 Å². The minimum Gasteiger partial charge on any atom is -0.481 e. The number of amides is 1. The quantitative estimate of drug-likeness (QED) is 0.864. The number of ether oxygens (including phenoxy) is 1. The zero-order valence-corrected chi connectivity index (χ0v) is 13.9. The van der Waals surface area contributed by atoms with E-state index in [0.717, 1.165) is 17.8 Å². The fraction of sp³-hybridized carbons (Fsp3) is 0.333. The molecule has 7 heteroatoms. The minimum absolute atomic E-state index is 0.00476. The summed E-state index contributed by atoms with van der Waals surface area (Å²) in [6.07, 6.45) is -3.16. The van der Waals surface area contributed by atoms with Crippen LogP contribution in [0.3, 0.4) is 0 Å². The van der Waals surface area contributed by atoms with Crippen molar-refractivity contribution in [3.8, 4) is 5.75 Å². The molecule has 0 aliphatic heterocycles. The van der Waals surface area contributed by atoms with E-state index in [1.54, 1.807) is 12.3 Å². The highest BCUT2D eigenvalue weighted by Crippen LogP contribution is 2.31. The van der Waals surface area contributed by atoms with Gasteiger partial charge in [0.2, 0.25) is 0 Å². The van der Waals surface area contributed by atoms with E-state index in [-0.39, 0.29) is 11.8 Å². The highest BCUT2D eigenvalue weighted by Gasteiger charge is 2.31. The number of hydrogen-bond donors (Lipinski definition) is 1. The average molecular weight is 352 g/mol. The molecule has 25 heavy (non-hydrogen) atoms. The molecule has 0 spiro atoms. The van der Waals surface area contributed by atoms with Crippen molar-refractivity contribution in [1.29, 1.82) is 0 Å². The number of benzene rings is 1. The summed E-state index contributed by atoms with van der Waals surface area (Å²) >= 11 is 0. The van der Waals surface area contributed by atoms with E-state index in [0.29, 0.717) is 6.42 Å². The molecule has 0 aliphatic carbocycles. The number of nitrogens with zero attached hydrogens (tertiary/aromatic N) is 1. The summed E-state index contributed by atoms with van der Waals surface area (Å²) in [6, 6.07) is 9.78. The molecule has 1 aromatic heterocycles. The smallest absolute Gasteiger partial charge is 0.416 e. The molecular formula is C18H19F3N2O2. The lowest BCUT2D eigenvalue weighted by atomic mass is 10.1. The monoisotopic (exact) mass is 352 g/mol. The molecule has 2 rings (SSSR count). The number of hydrogen-bond acceptors (Lipinski definition) is 3. The summed E-state index contributed by atoms with van der Waals surface area (Å²) in [7, 11) is 0. The van der Waals surface area contributed by atoms with Gasteiger partial charge in [-0.3, -0.25) is 9.78 Å². The summed E-state index contributed by atoms with van der Waals surface area (Å²) < 4.78 is 43.4. The first-order chi connectivity index (χ1) is 11.8. The van der Waals surface area contributed by atoms with Gasteiger partial charge in [0.05, 0.1) is 5.56 Å². The van der Waals surface area contributed by atoms with Gasteiger partial charge in [-0.1, -0.05) is 12.1 Å². The van der Waals surface area contributed by atoms with E-state index in [4.69, 9.17) is 4.74 Å². The van der Waals surface area contributed by atoms with Crippen LogP contribution in [0.2, 0.25) is 0 Å². The second-order valence-corrected chi connectivity index (χ2v) is 5.72. The molecule has 2 atom stereocenters. The third-order valence-corrected chi connectivity index (χ3v) is 3.47. The normalized spacial score (nSPS) is 13.8. The SMILES string of the molecule is C[C@@H](Cc1ccccn1)NC(=O)[C@@H](C)Oc1cccc(C(F)(F)F)c1. The van der Waals surface area contributed by atoms with Crippen molar-refractivity contribution >= 4 is 5.91 Å². The molecule has 0 unspecified atom stereocenters. The predicted octanol–water partition coefficient (Wildman–Crippen LogP) is 3.62. The first kappa shape index (κ1) is 18.8. The summed E-state index contributed by atoms with van der Waals surface area (Å²) in [5.74, 6) is -0.407. The van der Waals surface area contributed by atoms with E-state index >= 15 is 0 Å². The third-order valence-electron chi connectivity index (χ3n) is 3.47. The number of carbonyl (C=O) groups excluding carboxylic acids is 1. The maximum atomic E-state index is 12.7. The fourth-order valence-electron chi connectivity index (χ4n) is 2.25. The van der Waals surface area contributed by atoms with Crippen molar-refractivity contribution < 1.29 is 22.7 Å². The molecule has 0 radical (unpaired) electrons. The maximum Gasteiger partial charge on any atom is 0.416 e. The van der Waals surface area contributed by atoms with E-state index in [1.165, 1.54) is 19.1 Å². The Hall–Kier alpha value is -2.57. The van der Waals surface area contributed by atoms with Gasteiger partial charge in [-0.2, -0.15) is 13.2 Å². The lowest BCUT2D eigenvalue weighted by Crippen LogP contribution is -2.42.